The van der Waals surface area contributed by atoms with Crippen molar-refractivity contribution in [3.63, 3.8) is 0 Å². The predicted molar refractivity (Wildman–Crippen MR) is 132 cm³/mol. The summed E-state index contributed by atoms with van der Waals surface area (Å²) in [6.45, 7) is 6.25. The second-order valence-corrected chi connectivity index (χ2v) is 11.9. The number of amides is 1. The predicted octanol–water partition coefficient (Wildman–Crippen LogP) is 4.12. The average molecular weight is 491 g/mol. The minimum absolute atomic E-state index is 0.0553. The normalized spacial score (nSPS) is 17.8. The van der Waals surface area contributed by atoms with Gasteiger partial charge in [-0.3, -0.25) is 4.79 Å². The molecular formula is C24H34N4O3S2. The molecule has 0 radical (unpaired) electrons. The average Bonchev–Trinajstić information content (AvgIpc) is 3.47. The topological polar surface area (TPSA) is 91.4 Å². The van der Waals surface area contributed by atoms with Gasteiger partial charge in [-0.05, 0) is 30.0 Å². The van der Waals surface area contributed by atoms with Crippen LogP contribution in [0.5, 0.6) is 0 Å². The number of rotatable bonds is 9. The lowest BCUT2D eigenvalue weighted by Gasteiger charge is -2.21. The van der Waals surface area contributed by atoms with Gasteiger partial charge in [-0.15, -0.1) is 11.3 Å². The van der Waals surface area contributed by atoms with Crippen LogP contribution in [0.3, 0.4) is 0 Å². The largest absolute Gasteiger partial charge is 0.311 e. The van der Waals surface area contributed by atoms with Gasteiger partial charge >= 0.3 is 0 Å². The molecule has 0 bridgehead atoms. The fraction of sp³-hybridized carbons (Fsp3) is 0.583. The highest BCUT2D eigenvalue weighted by Crippen LogP contribution is 2.36. The van der Waals surface area contributed by atoms with E-state index in [1.54, 1.807) is 23.5 Å². The maximum absolute atomic E-state index is 13.4. The number of nitrogens with zero attached hydrogens (tertiary/aromatic N) is 2. The summed E-state index contributed by atoms with van der Waals surface area (Å²) in [4.78, 5) is 19.5. The van der Waals surface area contributed by atoms with Crippen LogP contribution in [0.2, 0.25) is 0 Å². The maximum atomic E-state index is 13.4. The molecule has 0 saturated heterocycles. The van der Waals surface area contributed by atoms with Crippen molar-refractivity contribution in [2.45, 2.75) is 69.7 Å². The SMILES string of the molecule is CCN(CC)S(=O)(=O)c1ccc(C(CC2CCCC2)C(=O)Nc2nc3c(s2)CNCC3)cc1. The van der Waals surface area contributed by atoms with Crippen LogP contribution < -0.4 is 10.6 Å². The minimum Gasteiger partial charge on any atom is -0.311 e. The number of nitrogens with one attached hydrogen (secondary N) is 2. The van der Waals surface area contributed by atoms with E-state index in [1.807, 2.05) is 26.0 Å². The van der Waals surface area contributed by atoms with Crippen molar-refractivity contribution < 1.29 is 13.2 Å². The molecular weight excluding hydrogens is 456 g/mol. The summed E-state index contributed by atoms with van der Waals surface area (Å²) in [7, 11) is -3.52. The molecule has 2 aliphatic rings. The second-order valence-electron chi connectivity index (χ2n) is 8.90. The molecule has 7 nitrogen and oxygen atoms in total. The van der Waals surface area contributed by atoms with E-state index >= 15 is 0 Å². The van der Waals surface area contributed by atoms with Crippen molar-refractivity contribution in [3.8, 4) is 0 Å². The molecule has 0 spiro atoms. The van der Waals surface area contributed by atoms with Crippen LogP contribution in [0.15, 0.2) is 29.2 Å². The summed E-state index contributed by atoms with van der Waals surface area (Å²) >= 11 is 1.54. The Bertz CT molecular complexity index is 1030. The van der Waals surface area contributed by atoms with Crippen LogP contribution in [0.1, 0.15) is 68.0 Å². The second kappa shape index (κ2) is 10.6. The summed E-state index contributed by atoms with van der Waals surface area (Å²) in [5.41, 5.74) is 1.94. The quantitative estimate of drug-likeness (QED) is 0.552. The first-order valence-electron chi connectivity index (χ1n) is 12.0. The number of benzene rings is 1. The third kappa shape index (κ3) is 5.48. The fourth-order valence-electron chi connectivity index (χ4n) is 4.93. The highest BCUT2D eigenvalue weighted by atomic mass is 32.2. The smallest absolute Gasteiger partial charge is 0.243 e. The maximum Gasteiger partial charge on any atom is 0.243 e. The standard InChI is InChI=1S/C24H34N4O3S2/c1-3-28(4-2)33(30,31)19-11-9-18(10-12-19)20(15-17-7-5-6-8-17)23(29)27-24-26-21-13-14-25-16-22(21)32-24/h9-12,17,20,25H,3-8,13-16H2,1-2H3,(H,26,27,29). The zero-order valence-corrected chi connectivity index (χ0v) is 21.1. The van der Waals surface area contributed by atoms with Gasteiger partial charge < -0.3 is 10.6 Å². The third-order valence-electron chi connectivity index (χ3n) is 6.82. The number of carbonyl (C=O) groups excluding carboxylic acids is 1. The van der Waals surface area contributed by atoms with E-state index in [4.69, 9.17) is 0 Å². The van der Waals surface area contributed by atoms with Gasteiger partial charge in [-0.25, -0.2) is 13.4 Å². The van der Waals surface area contributed by atoms with Crippen molar-refractivity contribution in [2.75, 3.05) is 25.0 Å². The van der Waals surface area contributed by atoms with Crippen molar-refractivity contribution in [3.05, 3.63) is 40.4 Å². The lowest BCUT2D eigenvalue weighted by Crippen LogP contribution is -2.30. The fourth-order valence-corrected chi connectivity index (χ4v) is 7.37. The Kier molecular flexibility index (Phi) is 7.83. The first-order valence-corrected chi connectivity index (χ1v) is 14.3. The summed E-state index contributed by atoms with van der Waals surface area (Å²) in [5, 5.41) is 7.07. The van der Waals surface area contributed by atoms with Crippen molar-refractivity contribution >= 4 is 32.4 Å². The molecule has 1 saturated carbocycles. The van der Waals surface area contributed by atoms with E-state index in [9.17, 15) is 13.2 Å². The van der Waals surface area contributed by atoms with Crippen LogP contribution in [0.4, 0.5) is 5.13 Å². The van der Waals surface area contributed by atoms with E-state index in [1.165, 1.54) is 22.0 Å². The van der Waals surface area contributed by atoms with Gasteiger partial charge in [0, 0.05) is 37.5 Å². The molecule has 1 aliphatic heterocycles. The summed E-state index contributed by atoms with van der Waals surface area (Å²) < 4.78 is 27.2. The van der Waals surface area contributed by atoms with Crippen LogP contribution >= 0.6 is 11.3 Å². The summed E-state index contributed by atoms with van der Waals surface area (Å²) in [5.74, 6) is 0.145. The van der Waals surface area contributed by atoms with Crippen molar-refractivity contribution in [2.24, 2.45) is 5.92 Å². The molecule has 33 heavy (non-hydrogen) atoms. The zero-order valence-electron chi connectivity index (χ0n) is 19.5. The molecule has 1 aliphatic carbocycles. The van der Waals surface area contributed by atoms with E-state index in [2.05, 4.69) is 15.6 Å². The van der Waals surface area contributed by atoms with Gasteiger partial charge in [0.2, 0.25) is 15.9 Å². The number of fused-ring (bicyclic) bond motifs is 1. The lowest BCUT2D eigenvalue weighted by molar-refractivity contribution is -0.118. The molecule has 2 aromatic rings. The Hall–Kier alpha value is -1.81. The molecule has 2 heterocycles. The van der Waals surface area contributed by atoms with Gasteiger partial charge in [-0.2, -0.15) is 4.31 Å². The van der Waals surface area contributed by atoms with Gasteiger partial charge in [0.1, 0.15) is 0 Å². The zero-order chi connectivity index (χ0) is 23.4. The highest BCUT2D eigenvalue weighted by molar-refractivity contribution is 7.89. The minimum atomic E-state index is -3.52. The Labute approximate surface area is 201 Å². The number of hydrogen-bond acceptors (Lipinski definition) is 6. The van der Waals surface area contributed by atoms with E-state index < -0.39 is 10.0 Å². The number of anilines is 1. The van der Waals surface area contributed by atoms with Crippen LogP contribution in [-0.4, -0.2) is 43.2 Å². The molecule has 180 valence electrons. The van der Waals surface area contributed by atoms with Gasteiger partial charge in [0.05, 0.1) is 16.5 Å². The Morgan fingerprint density at radius 1 is 1.21 bits per heavy atom. The first kappa shape index (κ1) is 24.3. The van der Waals surface area contributed by atoms with E-state index in [-0.39, 0.29) is 16.7 Å². The molecule has 1 amide bonds. The number of carbonyl (C=O) groups is 1. The number of sulfonamides is 1. The van der Waals surface area contributed by atoms with Gasteiger partial charge in [0.15, 0.2) is 5.13 Å². The summed E-state index contributed by atoms with van der Waals surface area (Å²) in [6, 6.07) is 6.91. The van der Waals surface area contributed by atoms with Crippen LogP contribution in [0.25, 0.3) is 0 Å². The van der Waals surface area contributed by atoms with E-state index in [0.717, 1.165) is 50.0 Å². The molecule has 1 fully saturated rings. The molecule has 1 unspecified atom stereocenters. The molecule has 2 N–H and O–H groups in total. The lowest BCUT2D eigenvalue weighted by atomic mass is 9.87. The number of aromatic nitrogens is 1. The van der Waals surface area contributed by atoms with E-state index in [0.29, 0.717) is 24.1 Å². The number of thiazole rings is 1. The monoisotopic (exact) mass is 490 g/mol. The van der Waals surface area contributed by atoms with Crippen molar-refractivity contribution in [1.29, 1.82) is 0 Å². The Balaban J connectivity index is 1.56. The molecule has 1 aromatic heterocycles. The highest BCUT2D eigenvalue weighted by Gasteiger charge is 2.29. The molecule has 4 rings (SSSR count). The summed E-state index contributed by atoms with van der Waals surface area (Å²) in [6.07, 6.45) is 6.39. The van der Waals surface area contributed by atoms with Crippen LogP contribution in [0, 0.1) is 5.92 Å². The molecule has 1 aromatic carbocycles. The first-order chi connectivity index (χ1) is 15.9. The van der Waals surface area contributed by atoms with Gasteiger partial charge in [-0.1, -0.05) is 51.7 Å². The van der Waals surface area contributed by atoms with Crippen molar-refractivity contribution in [1.82, 2.24) is 14.6 Å². The third-order valence-corrected chi connectivity index (χ3v) is 9.90. The van der Waals surface area contributed by atoms with Crippen LogP contribution in [-0.2, 0) is 27.8 Å². The Morgan fingerprint density at radius 2 is 1.91 bits per heavy atom. The number of hydrogen-bond donors (Lipinski definition) is 2. The molecule has 9 heteroatoms. The Morgan fingerprint density at radius 3 is 2.55 bits per heavy atom. The molecule has 1 atom stereocenters. The van der Waals surface area contributed by atoms with Gasteiger partial charge in [0.25, 0.3) is 0 Å².